The number of hydrogen-bond acceptors (Lipinski definition) is 4. The lowest BCUT2D eigenvalue weighted by atomic mass is 10.2. The molecule has 1 aromatic heterocycles. The van der Waals surface area contributed by atoms with Gasteiger partial charge in [-0.3, -0.25) is 4.79 Å². The molecule has 0 aliphatic rings. The molecule has 0 atom stereocenters. The van der Waals surface area contributed by atoms with Gasteiger partial charge in [0.2, 0.25) is 0 Å². The Balaban J connectivity index is 2.08. The molecule has 130 valence electrons. The molecule has 0 fully saturated rings. The summed E-state index contributed by atoms with van der Waals surface area (Å²) < 4.78 is 2.20. The summed E-state index contributed by atoms with van der Waals surface area (Å²) in [6.07, 6.45) is 4.24. The van der Waals surface area contributed by atoms with E-state index in [-0.39, 0.29) is 5.56 Å². The quantitative estimate of drug-likeness (QED) is 0.592. The highest BCUT2D eigenvalue weighted by Gasteiger charge is 2.10. The first kappa shape index (κ1) is 18.0. The lowest BCUT2D eigenvalue weighted by Gasteiger charge is -2.09. The number of nitriles is 1. The minimum Gasteiger partial charge on any atom is -0.267 e. The largest absolute Gasteiger partial charge is 0.282 e. The van der Waals surface area contributed by atoms with Crippen LogP contribution in [0, 0.1) is 11.3 Å². The van der Waals surface area contributed by atoms with E-state index in [1.165, 1.54) is 4.68 Å². The lowest BCUT2D eigenvalue weighted by Crippen LogP contribution is -2.22. The predicted octanol–water partition coefficient (Wildman–Crippen LogP) is 4.26. The molecule has 1 heterocycles. The van der Waals surface area contributed by atoms with Crippen LogP contribution in [0.25, 0.3) is 10.9 Å². The zero-order valence-electron chi connectivity index (χ0n) is 14.3. The third kappa shape index (κ3) is 3.89. The van der Waals surface area contributed by atoms with Crippen LogP contribution in [0.2, 0.25) is 0 Å². The Morgan fingerprint density at radius 2 is 2.04 bits per heavy atom. The van der Waals surface area contributed by atoms with E-state index in [1.807, 2.05) is 12.1 Å². The van der Waals surface area contributed by atoms with E-state index in [0.717, 1.165) is 22.9 Å². The van der Waals surface area contributed by atoms with Crippen molar-refractivity contribution in [1.29, 1.82) is 5.26 Å². The average Bonchev–Trinajstić information content (AvgIpc) is 2.66. The second-order valence-electron chi connectivity index (χ2n) is 5.89. The first-order valence-corrected chi connectivity index (χ1v) is 9.17. The fourth-order valence-electron chi connectivity index (χ4n) is 2.58. The second kappa shape index (κ2) is 8.07. The van der Waals surface area contributed by atoms with E-state index in [1.54, 1.807) is 36.5 Å². The van der Waals surface area contributed by atoms with E-state index in [0.29, 0.717) is 28.7 Å². The molecule has 0 bridgehead atoms. The van der Waals surface area contributed by atoms with Gasteiger partial charge >= 0.3 is 0 Å². The Kier molecular flexibility index (Phi) is 5.59. The molecule has 5 nitrogen and oxygen atoms in total. The molecular formula is C20H17BrN4O. The summed E-state index contributed by atoms with van der Waals surface area (Å²) >= 11 is 3.40. The topological polar surface area (TPSA) is 71.0 Å². The van der Waals surface area contributed by atoms with Gasteiger partial charge in [0.05, 0.1) is 28.8 Å². The van der Waals surface area contributed by atoms with Gasteiger partial charge in [0.25, 0.3) is 5.56 Å². The molecule has 0 spiro atoms. The van der Waals surface area contributed by atoms with Crippen molar-refractivity contribution < 1.29 is 0 Å². The van der Waals surface area contributed by atoms with Gasteiger partial charge in [-0.1, -0.05) is 41.4 Å². The number of benzene rings is 2. The lowest BCUT2D eigenvalue weighted by molar-refractivity contribution is 0.675. The van der Waals surface area contributed by atoms with Crippen LogP contribution in [-0.4, -0.2) is 15.9 Å². The Bertz CT molecular complexity index is 1060. The van der Waals surface area contributed by atoms with E-state index in [9.17, 15) is 4.79 Å². The SMILES string of the molecule is CCCCc1nc2ccc(Br)cc2c(=O)n1N=Cc1ccc(C#N)cc1. The molecule has 0 saturated heterocycles. The average molecular weight is 409 g/mol. The standard InChI is InChI=1S/C20H17BrN4O/c1-2-3-4-19-24-18-10-9-16(21)11-17(18)20(26)25(19)23-13-15-7-5-14(12-22)6-8-15/h5-11,13H,2-4H2,1H3. The molecular weight excluding hydrogens is 392 g/mol. The van der Waals surface area contributed by atoms with Gasteiger partial charge in [-0.25, -0.2) is 4.98 Å². The summed E-state index contributed by atoms with van der Waals surface area (Å²) in [4.78, 5) is 17.6. The van der Waals surface area contributed by atoms with Crippen molar-refractivity contribution in [3.63, 3.8) is 0 Å². The Labute approximate surface area is 159 Å². The number of rotatable bonds is 5. The summed E-state index contributed by atoms with van der Waals surface area (Å²) in [6.45, 7) is 2.10. The van der Waals surface area contributed by atoms with Gasteiger partial charge in [0.15, 0.2) is 0 Å². The zero-order valence-corrected chi connectivity index (χ0v) is 15.9. The van der Waals surface area contributed by atoms with Gasteiger partial charge in [-0.05, 0) is 42.3 Å². The number of aryl methyl sites for hydroxylation is 1. The molecule has 0 saturated carbocycles. The molecule has 2 aromatic carbocycles. The molecule has 0 amide bonds. The molecule has 0 N–H and O–H groups in total. The molecule has 3 aromatic rings. The van der Waals surface area contributed by atoms with Crippen LogP contribution >= 0.6 is 15.9 Å². The van der Waals surface area contributed by atoms with Gasteiger partial charge in [-0.2, -0.15) is 15.0 Å². The molecule has 3 rings (SSSR count). The Morgan fingerprint density at radius 3 is 2.73 bits per heavy atom. The highest BCUT2D eigenvalue weighted by Crippen LogP contribution is 2.16. The summed E-state index contributed by atoms with van der Waals surface area (Å²) in [6, 6.07) is 14.6. The molecule has 0 aliphatic carbocycles. The Morgan fingerprint density at radius 1 is 1.27 bits per heavy atom. The minimum atomic E-state index is -0.188. The minimum absolute atomic E-state index is 0.188. The first-order valence-electron chi connectivity index (χ1n) is 8.38. The van der Waals surface area contributed by atoms with Gasteiger partial charge < -0.3 is 0 Å². The zero-order chi connectivity index (χ0) is 18.5. The van der Waals surface area contributed by atoms with Crippen LogP contribution < -0.4 is 5.56 Å². The fraction of sp³-hybridized carbons (Fsp3) is 0.200. The first-order chi connectivity index (χ1) is 12.6. The van der Waals surface area contributed by atoms with Gasteiger partial charge in [0.1, 0.15) is 5.82 Å². The van der Waals surface area contributed by atoms with Crippen molar-refractivity contribution in [3.05, 3.63) is 74.2 Å². The second-order valence-corrected chi connectivity index (χ2v) is 6.80. The molecule has 0 unspecified atom stereocenters. The maximum atomic E-state index is 12.9. The van der Waals surface area contributed by atoms with Crippen molar-refractivity contribution in [2.24, 2.45) is 5.10 Å². The van der Waals surface area contributed by atoms with E-state index >= 15 is 0 Å². The smallest absolute Gasteiger partial charge is 0.267 e. The van der Waals surface area contributed by atoms with Gasteiger partial charge in [-0.15, -0.1) is 0 Å². The highest BCUT2D eigenvalue weighted by molar-refractivity contribution is 9.10. The molecule has 0 radical (unpaired) electrons. The summed E-state index contributed by atoms with van der Waals surface area (Å²) in [5.41, 5.74) is 1.88. The van der Waals surface area contributed by atoms with Crippen LogP contribution in [0.1, 0.15) is 36.7 Å². The van der Waals surface area contributed by atoms with Crippen LogP contribution in [0.15, 0.2) is 56.8 Å². The maximum absolute atomic E-state index is 12.9. The fourth-order valence-corrected chi connectivity index (χ4v) is 2.94. The number of unbranched alkanes of at least 4 members (excludes halogenated alkanes) is 1. The van der Waals surface area contributed by atoms with E-state index in [4.69, 9.17) is 5.26 Å². The van der Waals surface area contributed by atoms with Crippen molar-refractivity contribution in [1.82, 2.24) is 9.66 Å². The molecule has 26 heavy (non-hydrogen) atoms. The van der Waals surface area contributed by atoms with Crippen molar-refractivity contribution >= 4 is 33.0 Å². The predicted molar refractivity (Wildman–Crippen MR) is 106 cm³/mol. The number of hydrogen-bond donors (Lipinski definition) is 0. The van der Waals surface area contributed by atoms with Crippen molar-refractivity contribution in [2.75, 3.05) is 0 Å². The summed E-state index contributed by atoms with van der Waals surface area (Å²) in [7, 11) is 0. The van der Waals surface area contributed by atoms with Crippen molar-refractivity contribution in [3.8, 4) is 6.07 Å². The number of fused-ring (bicyclic) bond motifs is 1. The van der Waals surface area contributed by atoms with E-state index in [2.05, 4.69) is 39.0 Å². The van der Waals surface area contributed by atoms with Crippen molar-refractivity contribution in [2.45, 2.75) is 26.2 Å². The third-order valence-corrected chi connectivity index (χ3v) is 4.48. The maximum Gasteiger partial charge on any atom is 0.282 e. The van der Waals surface area contributed by atoms with E-state index < -0.39 is 0 Å². The number of aromatic nitrogens is 2. The monoisotopic (exact) mass is 408 g/mol. The van der Waals surface area contributed by atoms with Crippen LogP contribution in [0.4, 0.5) is 0 Å². The third-order valence-electron chi connectivity index (χ3n) is 3.99. The molecule has 6 heteroatoms. The Hall–Kier alpha value is -2.78. The number of nitrogens with zero attached hydrogens (tertiary/aromatic N) is 4. The normalized spacial score (nSPS) is 11.1. The highest BCUT2D eigenvalue weighted by atomic mass is 79.9. The van der Waals surface area contributed by atoms with Crippen LogP contribution in [0.5, 0.6) is 0 Å². The van der Waals surface area contributed by atoms with Crippen LogP contribution in [-0.2, 0) is 6.42 Å². The summed E-state index contributed by atoms with van der Waals surface area (Å²) in [5, 5.41) is 13.8. The van der Waals surface area contributed by atoms with Crippen LogP contribution in [0.3, 0.4) is 0 Å². The molecule has 0 aliphatic heterocycles. The van der Waals surface area contributed by atoms with Gasteiger partial charge in [0, 0.05) is 10.9 Å². The summed E-state index contributed by atoms with van der Waals surface area (Å²) in [5.74, 6) is 0.650. The number of halogens is 1.